The number of nitrogens with zero attached hydrogens (tertiary/aromatic N) is 3. The summed E-state index contributed by atoms with van der Waals surface area (Å²) in [4.78, 5) is 42.7. The molecule has 4 rings (SSSR count). The first-order valence-corrected chi connectivity index (χ1v) is 14.3. The van der Waals surface area contributed by atoms with Crippen LogP contribution < -0.4 is 19.8 Å². The molecule has 10 heteroatoms. The predicted octanol–water partition coefficient (Wildman–Crippen LogP) is 3.57. The Morgan fingerprint density at radius 1 is 1.12 bits per heavy atom. The summed E-state index contributed by atoms with van der Waals surface area (Å²) in [6.45, 7) is 6.53. The van der Waals surface area contributed by atoms with E-state index in [0.29, 0.717) is 49.8 Å². The van der Waals surface area contributed by atoms with E-state index in [1.807, 2.05) is 21.9 Å². The van der Waals surface area contributed by atoms with Crippen LogP contribution >= 0.6 is 0 Å². The molecule has 2 aliphatic heterocycles. The van der Waals surface area contributed by atoms with Crippen LogP contribution in [0, 0.1) is 5.92 Å². The molecule has 0 aliphatic carbocycles. The Balaban J connectivity index is 1.65. The number of fused-ring (bicyclic) bond motifs is 1. The smallest absolute Gasteiger partial charge is 0.308 e. The number of hydrogen-bond acceptors (Lipinski definition) is 7. The Morgan fingerprint density at radius 3 is 2.52 bits per heavy atom. The molecular formula is C30H41N3O7. The monoisotopic (exact) mass is 555 g/mol. The van der Waals surface area contributed by atoms with Gasteiger partial charge in [0.1, 0.15) is 0 Å². The Hall–Kier alpha value is -3.53. The third-order valence-electron chi connectivity index (χ3n) is 7.96. The molecule has 3 atom stereocenters. The second-order valence-corrected chi connectivity index (χ2v) is 10.5. The number of unbranched alkanes of at least 4 members (excludes halogenated alkanes) is 2. The van der Waals surface area contributed by atoms with Crippen LogP contribution in [-0.2, 0) is 16.1 Å². The summed E-state index contributed by atoms with van der Waals surface area (Å²) in [6.07, 6.45) is 5.95. The fourth-order valence-electron chi connectivity index (χ4n) is 5.80. The van der Waals surface area contributed by atoms with E-state index in [-0.39, 0.29) is 24.8 Å². The van der Waals surface area contributed by atoms with Crippen molar-refractivity contribution < 1.29 is 28.9 Å². The highest BCUT2D eigenvalue weighted by Crippen LogP contribution is 2.47. The molecule has 0 bridgehead atoms. The number of likely N-dealkylation sites (tertiary alicyclic amines) is 1. The summed E-state index contributed by atoms with van der Waals surface area (Å²) in [5, 5.41) is 10.5. The highest BCUT2D eigenvalue weighted by molar-refractivity contribution is 5.79. The number of carboxylic acids is 1. The lowest BCUT2D eigenvalue weighted by atomic mass is 9.84. The summed E-state index contributed by atoms with van der Waals surface area (Å²) in [7, 11) is 1.54. The summed E-state index contributed by atoms with van der Waals surface area (Å²) in [6, 6.07) is 8.15. The third kappa shape index (κ3) is 6.60. The minimum atomic E-state index is -0.934. The van der Waals surface area contributed by atoms with Crippen LogP contribution in [0.25, 0.3) is 0 Å². The molecule has 0 radical (unpaired) electrons. The van der Waals surface area contributed by atoms with Gasteiger partial charge in [0.25, 0.3) is 0 Å². The van der Waals surface area contributed by atoms with Crippen molar-refractivity contribution in [3.63, 3.8) is 0 Å². The van der Waals surface area contributed by atoms with Crippen molar-refractivity contribution in [1.29, 1.82) is 0 Å². The van der Waals surface area contributed by atoms with Crippen LogP contribution in [0.3, 0.4) is 0 Å². The van der Waals surface area contributed by atoms with Crippen LogP contribution in [0.15, 0.2) is 41.3 Å². The number of aromatic nitrogens is 1. The lowest BCUT2D eigenvalue weighted by Crippen LogP contribution is -2.45. The molecule has 1 aromatic heterocycles. The van der Waals surface area contributed by atoms with E-state index in [2.05, 4.69) is 13.8 Å². The Kier molecular flexibility index (Phi) is 10.1. The summed E-state index contributed by atoms with van der Waals surface area (Å²) >= 11 is 0. The maximum Gasteiger partial charge on any atom is 0.308 e. The number of carbonyl (C=O) groups excluding carboxylic acids is 1. The van der Waals surface area contributed by atoms with Gasteiger partial charge in [-0.25, -0.2) is 0 Å². The van der Waals surface area contributed by atoms with E-state index >= 15 is 0 Å². The van der Waals surface area contributed by atoms with Gasteiger partial charge in [0, 0.05) is 50.4 Å². The van der Waals surface area contributed by atoms with E-state index in [9.17, 15) is 19.5 Å². The number of pyridine rings is 1. The van der Waals surface area contributed by atoms with Crippen molar-refractivity contribution in [1.82, 2.24) is 14.4 Å². The quantitative estimate of drug-likeness (QED) is 0.377. The number of benzene rings is 1. The van der Waals surface area contributed by atoms with Gasteiger partial charge in [0.2, 0.25) is 24.0 Å². The van der Waals surface area contributed by atoms with E-state index in [1.165, 1.54) is 13.2 Å². The molecule has 2 aromatic rings. The normalized spacial score (nSPS) is 20.0. The van der Waals surface area contributed by atoms with Gasteiger partial charge >= 0.3 is 5.97 Å². The lowest BCUT2D eigenvalue weighted by Gasteiger charge is -2.30. The molecule has 3 heterocycles. The second-order valence-electron chi connectivity index (χ2n) is 10.5. The number of aryl methyl sites for hydroxylation is 1. The lowest BCUT2D eigenvalue weighted by molar-refractivity contribution is -0.144. The van der Waals surface area contributed by atoms with Gasteiger partial charge in [-0.15, -0.1) is 0 Å². The number of aliphatic carboxylic acids is 1. The van der Waals surface area contributed by atoms with Crippen molar-refractivity contribution in [2.24, 2.45) is 5.92 Å². The van der Waals surface area contributed by atoms with Gasteiger partial charge in [0.15, 0.2) is 11.5 Å². The molecule has 0 spiro atoms. The first-order valence-electron chi connectivity index (χ1n) is 14.3. The SMILES string of the molecule is CCCCN(CCCC)C(=O)CN1C[C@H](c2cc(OC)c3c(c2)OCO3)C(C(=O)O)[C@@H]1CCn1ccccc1=O. The maximum absolute atomic E-state index is 13.6. The Labute approximate surface area is 235 Å². The molecule has 1 saturated heterocycles. The van der Waals surface area contributed by atoms with Crippen LogP contribution in [-0.4, -0.2) is 77.5 Å². The summed E-state index contributed by atoms with van der Waals surface area (Å²) < 4.78 is 18.3. The Morgan fingerprint density at radius 2 is 1.88 bits per heavy atom. The highest BCUT2D eigenvalue weighted by Gasteiger charge is 2.47. The largest absolute Gasteiger partial charge is 0.493 e. The first kappa shape index (κ1) is 29.5. The van der Waals surface area contributed by atoms with Crippen LogP contribution in [0.4, 0.5) is 0 Å². The zero-order chi connectivity index (χ0) is 28.6. The molecular weight excluding hydrogens is 514 g/mol. The van der Waals surface area contributed by atoms with Gasteiger partial charge in [-0.05, 0) is 43.0 Å². The molecule has 0 saturated carbocycles. The number of carboxylic acid groups (broad SMARTS) is 1. The molecule has 1 N–H and O–H groups in total. The number of ether oxygens (including phenoxy) is 3. The van der Waals surface area contributed by atoms with E-state index in [4.69, 9.17) is 14.2 Å². The second kappa shape index (κ2) is 13.7. The number of amides is 1. The zero-order valence-electron chi connectivity index (χ0n) is 23.7. The van der Waals surface area contributed by atoms with Crippen LogP contribution in [0.1, 0.15) is 57.4 Å². The third-order valence-corrected chi connectivity index (χ3v) is 7.96. The van der Waals surface area contributed by atoms with Crippen molar-refractivity contribution in [3.8, 4) is 17.2 Å². The summed E-state index contributed by atoms with van der Waals surface area (Å²) in [5.41, 5.74) is 0.622. The van der Waals surface area contributed by atoms with E-state index in [0.717, 1.165) is 31.2 Å². The van der Waals surface area contributed by atoms with Gasteiger partial charge in [-0.3, -0.25) is 19.3 Å². The van der Waals surface area contributed by atoms with Crippen LogP contribution in [0.2, 0.25) is 0 Å². The van der Waals surface area contributed by atoms with Gasteiger partial charge in [-0.1, -0.05) is 32.8 Å². The molecule has 40 heavy (non-hydrogen) atoms. The van der Waals surface area contributed by atoms with Gasteiger partial charge in [0.05, 0.1) is 19.6 Å². The molecule has 218 valence electrons. The van der Waals surface area contributed by atoms with Crippen molar-refractivity contribution in [3.05, 3.63) is 52.4 Å². The average molecular weight is 556 g/mol. The summed E-state index contributed by atoms with van der Waals surface area (Å²) in [5.74, 6) is -0.617. The Bertz CT molecular complexity index is 1220. The van der Waals surface area contributed by atoms with E-state index in [1.54, 1.807) is 22.9 Å². The van der Waals surface area contributed by atoms with Crippen molar-refractivity contribution >= 4 is 11.9 Å². The first-order chi connectivity index (χ1) is 19.4. The molecule has 1 unspecified atom stereocenters. The van der Waals surface area contributed by atoms with Crippen LogP contribution in [0.5, 0.6) is 17.2 Å². The molecule has 2 aliphatic rings. The molecule has 1 amide bonds. The average Bonchev–Trinajstić information content (AvgIpc) is 3.57. The topological polar surface area (TPSA) is 111 Å². The van der Waals surface area contributed by atoms with Gasteiger partial charge < -0.3 is 28.8 Å². The number of hydrogen-bond donors (Lipinski definition) is 1. The fraction of sp³-hybridized carbons (Fsp3) is 0.567. The molecule has 1 fully saturated rings. The van der Waals surface area contributed by atoms with Crippen molar-refractivity contribution in [2.75, 3.05) is 40.1 Å². The zero-order valence-corrected chi connectivity index (χ0v) is 23.7. The minimum Gasteiger partial charge on any atom is -0.493 e. The highest BCUT2D eigenvalue weighted by atomic mass is 16.7. The fourth-order valence-corrected chi connectivity index (χ4v) is 5.80. The number of rotatable bonds is 14. The van der Waals surface area contributed by atoms with Gasteiger partial charge in [-0.2, -0.15) is 0 Å². The minimum absolute atomic E-state index is 0.0110. The molecule has 1 aromatic carbocycles. The van der Waals surface area contributed by atoms with Crippen molar-refractivity contribution in [2.45, 2.75) is 64.5 Å². The number of methoxy groups -OCH3 is 1. The standard InChI is InChI=1S/C30H41N3O7/c1-4-6-12-31(13-7-5-2)27(35)19-33-18-22(21-16-24(38-3)29-25(17-21)39-20-40-29)28(30(36)37)23(33)11-15-32-14-9-8-10-26(32)34/h8-10,14,16-17,22-23,28H,4-7,11-13,15,18-20H2,1-3H3,(H,36,37)/t22-,23+,28?/m1/s1. The van der Waals surface area contributed by atoms with E-state index < -0.39 is 23.8 Å². The predicted molar refractivity (Wildman–Crippen MR) is 150 cm³/mol. The maximum atomic E-state index is 13.6. The molecule has 10 nitrogen and oxygen atoms in total. The number of carbonyl (C=O) groups is 2.